The minimum atomic E-state index is -0.224. The predicted octanol–water partition coefficient (Wildman–Crippen LogP) is 2.04. The van der Waals surface area contributed by atoms with Gasteiger partial charge in [-0.1, -0.05) is 0 Å². The van der Waals surface area contributed by atoms with Gasteiger partial charge in [0, 0.05) is 29.5 Å². The van der Waals surface area contributed by atoms with E-state index in [1.54, 1.807) is 0 Å². The second-order valence-corrected chi connectivity index (χ2v) is 5.67. The zero-order chi connectivity index (χ0) is 12.0. The minimum Gasteiger partial charge on any atom is -0.388 e. The van der Waals surface area contributed by atoms with Gasteiger partial charge in [-0.3, -0.25) is 0 Å². The molecule has 94 valence electrons. The third kappa shape index (κ3) is 1.81. The van der Waals surface area contributed by atoms with Crippen molar-refractivity contribution < 1.29 is 5.11 Å². The lowest BCUT2D eigenvalue weighted by Gasteiger charge is -2.24. The third-order valence-electron chi connectivity index (χ3n) is 4.35. The van der Waals surface area contributed by atoms with E-state index in [0.29, 0.717) is 6.04 Å². The highest BCUT2D eigenvalue weighted by Gasteiger charge is 2.29. The maximum atomic E-state index is 10.1. The lowest BCUT2D eigenvalue weighted by molar-refractivity contribution is 0.155. The summed E-state index contributed by atoms with van der Waals surface area (Å²) in [5, 5.41) is 10.1. The molecule has 1 aromatic heterocycles. The summed E-state index contributed by atoms with van der Waals surface area (Å²) in [5.74, 6) is 0. The fourth-order valence-corrected chi connectivity index (χ4v) is 3.53. The van der Waals surface area contributed by atoms with Crippen molar-refractivity contribution in [2.75, 3.05) is 20.1 Å². The van der Waals surface area contributed by atoms with Crippen molar-refractivity contribution in [2.24, 2.45) is 0 Å². The molecule has 0 bridgehead atoms. The number of fused-ring (bicyclic) bond motifs is 1. The van der Waals surface area contributed by atoms with Gasteiger partial charge in [-0.25, -0.2) is 0 Å². The van der Waals surface area contributed by atoms with Crippen LogP contribution in [0.3, 0.4) is 0 Å². The third-order valence-corrected chi connectivity index (χ3v) is 4.35. The number of hydrogen-bond donors (Lipinski definition) is 1. The van der Waals surface area contributed by atoms with E-state index in [2.05, 4.69) is 29.5 Å². The topological polar surface area (TPSA) is 28.4 Å². The van der Waals surface area contributed by atoms with E-state index in [1.807, 2.05) is 0 Å². The Hall–Kier alpha value is -0.800. The zero-order valence-corrected chi connectivity index (χ0v) is 10.8. The van der Waals surface area contributed by atoms with Crippen molar-refractivity contribution in [3.63, 3.8) is 0 Å². The smallest absolute Gasteiger partial charge is 0.0807 e. The van der Waals surface area contributed by atoms with Crippen LogP contribution >= 0.6 is 0 Å². The number of aliphatic hydroxyl groups is 1. The molecular weight excluding hydrogens is 212 g/mol. The highest BCUT2D eigenvalue weighted by atomic mass is 16.3. The van der Waals surface area contributed by atoms with Crippen LogP contribution in [0.4, 0.5) is 0 Å². The Labute approximate surface area is 103 Å². The largest absolute Gasteiger partial charge is 0.388 e. The van der Waals surface area contributed by atoms with Crippen LogP contribution < -0.4 is 0 Å². The van der Waals surface area contributed by atoms with Crippen LogP contribution in [0.1, 0.15) is 48.4 Å². The number of aryl methyl sites for hydroxylation is 1. The standard InChI is InChI=1S/C14H22N2O/c1-10-8-12-13(4-3-5-14(12)17)16(10)11-6-7-15(2)9-11/h8,11,14,17H,3-7,9H2,1-2H3. The molecule has 1 aromatic rings. The maximum Gasteiger partial charge on any atom is 0.0807 e. The summed E-state index contributed by atoms with van der Waals surface area (Å²) in [4.78, 5) is 2.40. The van der Waals surface area contributed by atoms with Gasteiger partial charge in [0.15, 0.2) is 0 Å². The quantitative estimate of drug-likeness (QED) is 0.805. The molecule has 1 aliphatic carbocycles. The van der Waals surface area contributed by atoms with E-state index < -0.39 is 0 Å². The molecule has 2 heterocycles. The predicted molar refractivity (Wildman–Crippen MR) is 68.2 cm³/mol. The monoisotopic (exact) mass is 234 g/mol. The number of aliphatic hydroxyl groups excluding tert-OH is 1. The highest BCUT2D eigenvalue weighted by molar-refractivity contribution is 5.32. The van der Waals surface area contributed by atoms with Gasteiger partial charge in [-0.15, -0.1) is 0 Å². The molecule has 2 atom stereocenters. The van der Waals surface area contributed by atoms with Gasteiger partial charge in [0.05, 0.1) is 6.10 Å². The number of rotatable bonds is 1. The Morgan fingerprint density at radius 3 is 2.88 bits per heavy atom. The molecular formula is C14H22N2O. The van der Waals surface area contributed by atoms with Crippen LogP contribution in [-0.2, 0) is 6.42 Å². The van der Waals surface area contributed by atoms with E-state index in [-0.39, 0.29) is 6.10 Å². The van der Waals surface area contributed by atoms with E-state index in [4.69, 9.17) is 0 Å². The minimum absolute atomic E-state index is 0.224. The Bertz CT molecular complexity index is 424. The summed E-state index contributed by atoms with van der Waals surface area (Å²) in [6, 6.07) is 2.83. The summed E-state index contributed by atoms with van der Waals surface area (Å²) >= 11 is 0. The number of likely N-dealkylation sites (tertiary alicyclic amines) is 1. The first-order chi connectivity index (χ1) is 8.16. The molecule has 0 spiro atoms. The summed E-state index contributed by atoms with van der Waals surface area (Å²) in [6.07, 6.45) is 4.22. The lowest BCUT2D eigenvalue weighted by Crippen LogP contribution is -2.20. The Balaban J connectivity index is 1.99. The molecule has 1 saturated heterocycles. The van der Waals surface area contributed by atoms with Crippen molar-refractivity contribution in [2.45, 2.75) is 44.8 Å². The van der Waals surface area contributed by atoms with E-state index in [1.165, 1.54) is 29.9 Å². The maximum absolute atomic E-state index is 10.1. The summed E-state index contributed by atoms with van der Waals surface area (Å²) in [7, 11) is 2.19. The summed E-state index contributed by atoms with van der Waals surface area (Å²) in [6.45, 7) is 4.53. The fraction of sp³-hybridized carbons (Fsp3) is 0.714. The molecule has 1 aliphatic heterocycles. The summed E-state index contributed by atoms with van der Waals surface area (Å²) < 4.78 is 2.50. The van der Waals surface area contributed by atoms with Gasteiger partial charge in [0.25, 0.3) is 0 Å². The zero-order valence-electron chi connectivity index (χ0n) is 10.8. The highest BCUT2D eigenvalue weighted by Crippen LogP contribution is 2.35. The number of hydrogen-bond acceptors (Lipinski definition) is 2. The molecule has 3 nitrogen and oxygen atoms in total. The molecule has 0 aromatic carbocycles. The fourth-order valence-electron chi connectivity index (χ4n) is 3.53. The first-order valence-electron chi connectivity index (χ1n) is 6.74. The Morgan fingerprint density at radius 2 is 2.18 bits per heavy atom. The molecule has 17 heavy (non-hydrogen) atoms. The van der Waals surface area contributed by atoms with Crippen LogP contribution in [-0.4, -0.2) is 34.7 Å². The second kappa shape index (κ2) is 4.14. The van der Waals surface area contributed by atoms with Crippen molar-refractivity contribution in [3.05, 3.63) is 23.0 Å². The van der Waals surface area contributed by atoms with Gasteiger partial charge in [0.2, 0.25) is 0 Å². The van der Waals surface area contributed by atoms with Crippen molar-refractivity contribution in [3.8, 4) is 0 Å². The van der Waals surface area contributed by atoms with Crippen LogP contribution in [0, 0.1) is 6.92 Å². The molecule has 0 amide bonds. The molecule has 0 saturated carbocycles. The molecule has 1 N–H and O–H groups in total. The normalized spacial score (nSPS) is 29.6. The number of nitrogens with zero attached hydrogens (tertiary/aromatic N) is 2. The lowest BCUT2D eigenvalue weighted by atomic mass is 9.95. The number of likely N-dealkylation sites (N-methyl/N-ethyl adjacent to an activating group) is 1. The average Bonchev–Trinajstić information content (AvgIpc) is 2.82. The van der Waals surface area contributed by atoms with Gasteiger partial charge >= 0.3 is 0 Å². The Kier molecular flexibility index (Phi) is 2.75. The average molecular weight is 234 g/mol. The molecule has 2 unspecified atom stereocenters. The van der Waals surface area contributed by atoms with Crippen LogP contribution in [0.15, 0.2) is 6.07 Å². The molecule has 1 fully saturated rings. The van der Waals surface area contributed by atoms with E-state index in [9.17, 15) is 5.11 Å². The number of aromatic nitrogens is 1. The Morgan fingerprint density at radius 1 is 1.35 bits per heavy atom. The van der Waals surface area contributed by atoms with Crippen LogP contribution in [0.25, 0.3) is 0 Å². The van der Waals surface area contributed by atoms with E-state index in [0.717, 1.165) is 25.8 Å². The van der Waals surface area contributed by atoms with Crippen molar-refractivity contribution in [1.29, 1.82) is 0 Å². The van der Waals surface area contributed by atoms with Crippen molar-refractivity contribution >= 4 is 0 Å². The molecule has 3 heteroatoms. The summed E-state index contributed by atoms with van der Waals surface area (Å²) in [5.41, 5.74) is 3.93. The van der Waals surface area contributed by atoms with Crippen LogP contribution in [0.5, 0.6) is 0 Å². The van der Waals surface area contributed by atoms with Gasteiger partial charge in [-0.2, -0.15) is 0 Å². The van der Waals surface area contributed by atoms with Gasteiger partial charge in [0.1, 0.15) is 0 Å². The molecule has 0 radical (unpaired) electrons. The van der Waals surface area contributed by atoms with Crippen molar-refractivity contribution in [1.82, 2.24) is 9.47 Å². The SMILES string of the molecule is Cc1cc2c(n1C1CCN(C)C1)CCCC2O. The second-order valence-electron chi connectivity index (χ2n) is 5.67. The first-order valence-corrected chi connectivity index (χ1v) is 6.74. The van der Waals surface area contributed by atoms with Gasteiger partial charge in [-0.05, 0) is 52.3 Å². The van der Waals surface area contributed by atoms with E-state index >= 15 is 0 Å². The molecule has 3 rings (SSSR count). The molecule has 2 aliphatic rings. The van der Waals surface area contributed by atoms with Crippen LogP contribution in [0.2, 0.25) is 0 Å². The van der Waals surface area contributed by atoms with Gasteiger partial charge < -0.3 is 14.6 Å². The first kappa shape index (κ1) is 11.3.